The first kappa shape index (κ1) is 17.2. The van der Waals surface area contributed by atoms with Crippen LogP contribution in [0.4, 0.5) is 5.69 Å². The third-order valence-electron chi connectivity index (χ3n) is 4.03. The first-order valence-electron chi connectivity index (χ1n) is 7.20. The van der Waals surface area contributed by atoms with Gasteiger partial charge in [0.2, 0.25) is 5.91 Å². The molecule has 1 aromatic rings. The zero-order valence-electron chi connectivity index (χ0n) is 12.4. The second-order valence-corrected chi connectivity index (χ2v) is 6.18. The maximum atomic E-state index is 12.5. The molecule has 0 aliphatic carbocycles. The largest absolute Gasteiger partial charge is 0.486 e. The van der Waals surface area contributed by atoms with Gasteiger partial charge in [0.05, 0.1) is 16.1 Å². The van der Waals surface area contributed by atoms with E-state index in [9.17, 15) is 4.79 Å². The lowest BCUT2D eigenvalue weighted by Crippen LogP contribution is -2.46. The van der Waals surface area contributed by atoms with Crippen LogP contribution in [0.3, 0.4) is 0 Å². The predicted molar refractivity (Wildman–Crippen MR) is 88.5 cm³/mol. The summed E-state index contributed by atoms with van der Waals surface area (Å²) in [5.41, 5.74) is 0.159. The smallest absolute Gasteiger partial charge is 0.231 e. The molecule has 0 bridgehead atoms. The van der Waals surface area contributed by atoms with Crippen molar-refractivity contribution < 1.29 is 14.3 Å². The van der Waals surface area contributed by atoms with Crippen LogP contribution in [0.15, 0.2) is 12.1 Å². The standard InChI is InChI=1S/C15H19ClN2O3.ClH/c1-15(3-2-4-17-9-15)14(19)18-11-8-13-12(7-10(11)16)20-5-6-21-13;/h7-8,17H,2-6,9H2,1H3,(H,18,19);1H. The molecule has 22 heavy (non-hydrogen) atoms. The monoisotopic (exact) mass is 346 g/mol. The molecule has 1 aromatic carbocycles. The first-order chi connectivity index (χ1) is 10.1. The number of anilines is 1. The number of hydrogen-bond donors (Lipinski definition) is 2. The Hall–Kier alpha value is -1.17. The Labute approximate surface area is 141 Å². The first-order valence-corrected chi connectivity index (χ1v) is 7.58. The lowest BCUT2D eigenvalue weighted by molar-refractivity contribution is -0.125. The summed E-state index contributed by atoms with van der Waals surface area (Å²) in [7, 11) is 0. The predicted octanol–water partition coefficient (Wildman–Crippen LogP) is 2.86. The van der Waals surface area contributed by atoms with Crippen molar-refractivity contribution in [1.29, 1.82) is 0 Å². The Morgan fingerprint density at radius 1 is 1.32 bits per heavy atom. The summed E-state index contributed by atoms with van der Waals surface area (Å²) in [5, 5.41) is 6.65. The van der Waals surface area contributed by atoms with Crippen molar-refractivity contribution in [2.24, 2.45) is 5.41 Å². The molecule has 0 saturated carbocycles. The molecule has 1 amide bonds. The molecule has 1 atom stereocenters. The zero-order valence-corrected chi connectivity index (χ0v) is 14.0. The molecule has 122 valence electrons. The minimum absolute atomic E-state index is 0. The third-order valence-corrected chi connectivity index (χ3v) is 4.34. The molecule has 1 unspecified atom stereocenters. The van der Waals surface area contributed by atoms with Crippen molar-refractivity contribution in [2.75, 3.05) is 31.6 Å². The molecule has 0 aromatic heterocycles. The van der Waals surface area contributed by atoms with Crippen molar-refractivity contribution in [3.05, 3.63) is 17.2 Å². The van der Waals surface area contributed by atoms with Gasteiger partial charge in [-0.1, -0.05) is 11.6 Å². The van der Waals surface area contributed by atoms with Gasteiger partial charge in [0.15, 0.2) is 11.5 Å². The molecule has 0 spiro atoms. The fraction of sp³-hybridized carbons (Fsp3) is 0.533. The van der Waals surface area contributed by atoms with Crippen LogP contribution in [-0.2, 0) is 4.79 Å². The number of fused-ring (bicyclic) bond motifs is 1. The summed E-state index contributed by atoms with van der Waals surface area (Å²) in [6.07, 6.45) is 1.87. The Balaban J connectivity index is 0.00000176. The van der Waals surface area contributed by atoms with Gasteiger partial charge in [-0.2, -0.15) is 0 Å². The van der Waals surface area contributed by atoms with E-state index in [2.05, 4.69) is 10.6 Å². The number of carbonyl (C=O) groups is 1. The number of ether oxygens (including phenoxy) is 2. The maximum Gasteiger partial charge on any atom is 0.231 e. The van der Waals surface area contributed by atoms with Crippen molar-refractivity contribution in [3.8, 4) is 11.5 Å². The van der Waals surface area contributed by atoms with Gasteiger partial charge in [-0.05, 0) is 26.3 Å². The summed E-state index contributed by atoms with van der Waals surface area (Å²) >= 11 is 6.22. The van der Waals surface area contributed by atoms with Crippen molar-refractivity contribution >= 4 is 35.6 Å². The molecule has 1 saturated heterocycles. The highest BCUT2D eigenvalue weighted by Gasteiger charge is 2.35. The molecule has 5 nitrogen and oxygen atoms in total. The van der Waals surface area contributed by atoms with Crippen LogP contribution in [0.2, 0.25) is 5.02 Å². The molecule has 7 heteroatoms. The van der Waals surface area contributed by atoms with Crippen LogP contribution in [-0.4, -0.2) is 32.2 Å². The van der Waals surface area contributed by atoms with E-state index in [1.807, 2.05) is 6.92 Å². The molecular formula is C15H20Cl2N2O3. The van der Waals surface area contributed by atoms with Crippen LogP contribution >= 0.6 is 24.0 Å². The van der Waals surface area contributed by atoms with E-state index in [1.165, 1.54) is 0 Å². The van der Waals surface area contributed by atoms with Crippen LogP contribution in [0.25, 0.3) is 0 Å². The van der Waals surface area contributed by atoms with Crippen LogP contribution in [0.1, 0.15) is 19.8 Å². The van der Waals surface area contributed by atoms with Gasteiger partial charge in [0.25, 0.3) is 0 Å². The van der Waals surface area contributed by atoms with E-state index in [-0.39, 0.29) is 18.3 Å². The van der Waals surface area contributed by atoms with Crippen molar-refractivity contribution in [2.45, 2.75) is 19.8 Å². The lowest BCUT2D eigenvalue weighted by atomic mass is 9.82. The van der Waals surface area contributed by atoms with Gasteiger partial charge in [0.1, 0.15) is 13.2 Å². The minimum Gasteiger partial charge on any atom is -0.486 e. The number of nitrogens with one attached hydrogen (secondary N) is 2. The van der Waals surface area contributed by atoms with E-state index in [0.717, 1.165) is 19.4 Å². The normalized spacial score (nSPS) is 23.4. The Kier molecular flexibility index (Phi) is 5.42. The Morgan fingerprint density at radius 2 is 2.00 bits per heavy atom. The highest BCUT2D eigenvalue weighted by atomic mass is 35.5. The second-order valence-electron chi connectivity index (χ2n) is 5.77. The summed E-state index contributed by atoms with van der Waals surface area (Å²) < 4.78 is 11.0. The molecule has 2 N–H and O–H groups in total. The van der Waals surface area contributed by atoms with Gasteiger partial charge in [0, 0.05) is 18.7 Å². The fourth-order valence-corrected chi connectivity index (χ4v) is 2.88. The van der Waals surface area contributed by atoms with E-state index in [4.69, 9.17) is 21.1 Å². The zero-order chi connectivity index (χ0) is 14.9. The number of rotatable bonds is 2. The molecule has 3 rings (SSSR count). The SMILES string of the molecule is CC1(C(=O)Nc2cc3c(cc2Cl)OCCO3)CCCNC1.Cl. The third kappa shape index (κ3) is 3.42. The number of halogens is 2. The number of amides is 1. The number of hydrogen-bond acceptors (Lipinski definition) is 4. The molecule has 0 radical (unpaired) electrons. The molecule has 2 aliphatic rings. The summed E-state index contributed by atoms with van der Waals surface area (Å²) in [4.78, 5) is 12.5. The van der Waals surface area contributed by atoms with Gasteiger partial charge in [-0.25, -0.2) is 0 Å². The molecule has 2 heterocycles. The van der Waals surface area contributed by atoms with Crippen LogP contribution < -0.4 is 20.1 Å². The summed E-state index contributed by atoms with van der Waals surface area (Å²) in [5.74, 6) is 1.22. The Morgan fingerprint density at radius 3 is 2.64 bits per heavy atom. The van der Waals surface area contributed by atoms with Crippen LogP contribution in [0, 0.1) is 5.41 Å². The molecule has 2 aliphatic heterocycles. The van der Waals surface area contributed by atoms with Gasteiger partial charge in [-0.3, -0.25) is 4.79 Å². The van der Waals surface area contributed by atoms with Gasteiger partial charge in [-0.15, -0.1) is 12.4 Å². The van der Waals surface area contributed by atoms with E-state index in [1.54, 1.807) is 12.1 Å². The quantitative estimate of drug-likeness (QED) is 0.864. The molecule has 1 fully saturated rings. The van der Waals surface area contributed by atoms with E-state index in [0.29, 0.717) is 42.0 Å². The second kappa shape index (κ2) is 6.94. The molecular weight excluding hydrogens is 327 g/mol. The summed E-state index contributed by atoms with van der Waals surface area (Å²) in [6.45, 7) is 4.64. The van der Waals surface area contributed by atoms with Gasteiger partial charge < -0.3 is 20.1 Å². The lowest BCUT2D eigenvalue weighted by Gasteiger charge is -2.32. The van der Waals surface area contributed by atoms with Crippen LogP contribution in [0.5, 0.6) is 11.5 Å². The van der Waals surface area contributed by atoms with E-state index < -0.39 is 5.41 Å². The highest BCUT2D eigenvalue weighted by Crippen LogP contribution is 2.38. The van der Waals surface area contributed by atoms with Crippen molar-refractivity contribution in [1.82, 2.24) is 5.32 Å². The number of piperidine rings is 1. The van der Waals surface area contributed by atoms with Crippen molar-refractivity contribution in [3.63, 3.8) is 0 Å². The van der Waals surface area contributed by atoms with E-state index >= 15 is 0 Å². The maximum absolute atomic E-state index is 12.5. The summed E-state index contributed by atoms with van der Waals surface area (Å²) in [6, 6.07) is 3.42. The minimum atomic E-state index is -0.408. The average molecular weight is 347 g/mol. The fourth-order valence-electron chi connectivity index (χ4n) is 2.68. The highest BCUT2D eigenvalue weighted by molar-refractivity contribution is 6.34. The topological polar surface area (TPSA) is 59.6 Å². The number of carbonyl (C=O) groups excluding carboxylic acids is 1. The Bertz CT molecular complexity index is 560. The van der Waals surface area contributed by atoms with Gasteiger partial charge >= 0.3 is 0 Å². The average Bonchev–Trinajstić information content (AvgIpc) is 2.48. The number of benzene rings is 1.